The second-order valence-electron chi connectivity index (χ2n) is 6.62. The summed E-state index contributed by atoms with van der Waals surface area (Å²) in [6.07, 6.45) is 3.29. The molecule has 0 amide bonds. The Morgan fingerprint density at radius 3 is 2.52 bits per heavy atom. The third kappa shape index (κ3) is 3.79. The Labute approximate surface area is 151 Å². The van der Waals surface area contributed by atoms with Crippen LogP contribution in [0.5, 0.6) is 0 Å². The van der Waals surface area contributed by atoms with Gasteiger partial charge in [-0.3, -0.25) is 0 Å². The number of hydrogen-bond acceptors (Lipinski definition) is 4. The molecule has 2 N–H and O–H groups in total. The molecule has 136 valence electrons. The topological polar surface area (TPSA) is 66.4 Å². The minimum absolute atomic E-state index is 0.240. The van der Waals surface area contributed by atoms with Crippen LogP contribution in [0.2, 0.25) is 0 Å². The molecule has 0 spiro atoms. The molecular weight excluding hydrogens is 361 g/mol. The van der Waals surface area contributed by atoms with E-state index in [1.807, 2.05) is 12.1 Å². The predicted octanol–water partition coefficient (Wildman–Crippen LogP) is 3.73. The largest absolute Gasteiger partial charge is 0.388 e. The van der Waals surface area contributed by atoms with E-state index in [-0.39, 0.29) is 16.9 Å². The van der Waals surface area contributed by atoms with Crippen molar-refractivity contribution in [3.63, 3.8) is 0 Å². The van der Waals surface area contributed by atoms with Gasteiger partial charge in [-0.1, -0.05) is 25.0 Å². The first-order chi connectivity index (χ1) is 11.8. The van der Waals surface area contributed by atoms with Crippen molar-refractivity contribution in [2.45, 2.75) is 49.0 Å². The van der Waals surface area contributed by atoms with Crippen molar-refractivity contribution < 1.29 is 17.9 Å². The SMILES string of the molecule is C[C@@H](O)c1ccc(C2(CNS(=O)(=O)c3ccccc3F)CCCC2)s1. The molecule has 2 aromatic rings. The molecule has 0 radical (unpaired) electrons. The molecule has 4 nitrogen and oxygen atoms in total. The zero-order valence-electron chi connectivity index (χ0n) is 14.0. The first-order valence-corrected chi connectivity index (χ1v) is 10.7. The molecule has 1 aliphatic rings. The molecule has 1 atom stereocenters. The van der Waals surface area contributed by atoms with E-state index in [0.29, 0.717) is 0 Å². The van der Waals surface area contributed by atoms with Gasteiger partial charge in [-0.15, -0.1) is 11.3 Å². The Morgan fingerprint density at radius 1 is 1.24 bits per heavy atom. The highest BCUT2D eigenvalue weighted by Crippen LogP contribution is 2.44. The smallest absolute Gasteiger partial charge is 0.243 e. The van der Waals surface area contributed by atoms with Crippen molar-refractivity contribution in [2.75, 3.05) is 6.54 Å². The Kier molecular flexibility index (Phi) is 5.29. The fraction of sp³-hybridized carbons (Fsp3) is 0.444. The summed E-state index contributed by atoms with van der Waals surface area (Å²) in [5, 5.41) is 9.76. The van der Waals surface area contributed by atoms with Gasteiger partial charge in [0.2, 0.25) is 10.0 Å². The monoisotopic (exact) mass is 383 g/mol. The van der Waals surface area contributed by atoms with Crippen LogP contribution in [0.3, 0.4) is 0 Å². The third-order valence-corrected chi connectivity index (χ3v) is 7.79. The minimum Gasteiger partial charge on any atom is -0.388 e. The van der Waals surface area contributed by atoms with E-state index in [2.05, 4.69) is 4.72 Å². The highest BCUT2D eigenvalue weighted by atomic mass is 32.2. The molecule has 7 heteroatoms. The van der Waals surface area contributed by atoms with Crippen LogP contribution in [0.1, 0.15) is 48.5 Å². The van der Waals surface area contributed by atoms with Gasteiger partial charge in [-0.2, -0.15) is 0 Å². The van der Waals surface area contributed by atoms with E-state index in [0.717, 1.165) is 41.5 Å². The van der Waals surface area contributed by atoms with Crippen LogP contribution < -0.4 is 4.72 Å². The number of aliphatic hydroxyl groups is 1. The first-order valence-electron chi connectivity index (χ1n) is 8.37. The van der Waals surface area contributed by atoms with Gasteiger partial charge >= 0.3 is 0 Å². The van der Waals surface area contributed by atoms with Crippen molar-refractivity contribution in [1.82, 2.24) is 4.72 Å². The summed E-state index contributed by atoms with van der Waals surface area (Å²) in [4.78, 5) is 1.63. The van der Waals surface area contributed by atoms with E-state index in [1.165, 1.54) is 29.5 Å². The summed E-state index contributed by atoms with van der Waals surface area (Å²) in [6, 6.07) is 9.28. The number of nitrogens with one attached hydrogen (secondary N) is 1. The van der Waals surface area contributed by atoms with Crippen LogP contribution in [0.25, 0.3) is 0 Å². The van der Waals surface area contributed by atoms with Crippen molar-refractivity contribution >= 4 is 21.4 Å². The van der Waals surface area contributed by atoms with Gasteiger partial charge in [0.05, 0.1) is 6.10 Å². The lowest BCUT2D eigenvalue weighted by Gasteiger charge is -2.28. The van der Waals surface area contributed by atoms with E-state index in [1.54, 1.807) is 6.92 Å². The Hall–Kier alpha value is -1.28. The molecule has 1 heterocycles. The highest BCUT2D eigenvalue weighted by molar-refractivity contribution is 7.89. The van der Waals surface area contributed by atoms with Gasteiger partial charge in [0, 0.05) is 21.7 Å². The normalized spacial score (nSPS) is 18.4. The standard InChI is InChI=1S/C18H22FNO3S2/c1-13(21)15-8-9-17(24-15)18(10-4-5-11-18)12-20-25(22,23)16-7-3-2-6-14(16)19/h2-3,6-9,13,20-21H,4-5,10-12H2,1H3/t13-/m1/s1. The van der Waals surface area contributed by atoms with Gasteiger partial charge in [-0.25, -0.2) is 17.5 Å². The molecule has 1 aromatic carbocycles. The van der Waals surface area contributed by atoms with Crippen LogP contribution in [0, 0.1) is 5.82 Å². The van der Waals surface area contributed by atoms with Crippen LogP contribution in [-0.2, 0) is 15.4 Å². The fourth-order valence-electron chi connectivity index (χ4n) is 3.40. The second-order valence-corrected chi connectivity index (χ2v) is 9.47. The summed E-state index contributed by atoms with van der Waals surface area (Å²) >= 11 is 1.53. The molecule has 1 fully saturated rings. The molecule has 1 aromatic heterocycles. The third-order valence-electron chi connectivity index (χ3n) is 4.85. The van der Waals surface area contributed by atoms with E-state index in [4.69, 9.17) is 0 Å². The fourth-order valence-corrected chi connectivity index (χ4v) is 5.79. The lowest BCUT2D eigenvalue weighted by Crippen LogP contribution is -2.38. The van der Waals surface area contributed by atoms with Crippen molar-refractivity contribution in [3.8, 4) is 0 Å². The molecular formula is C18H22FNO3S2. The van der Waals surface area contributed by atoms with Crippen molar-refractivity contribution in [3.05, 3.63) is 52.0 Å². The van der Waals surface area contributed by atoms with Gasteiger partial charge in [0.1, 0.15) is 10.7 Å². The maximum Gasteiger partial charge on any atom is 0.243 e. The van der Waals surface area contributed by atoms with Crippen LogP contribution >= 0.6 is 11.3 Å². The molecule has 3 rings (SSSR count). The van der Waals surface area contributed by atoms with Crippen LogP contribution in [0.4, 0.5) is 4.39 Å². The maximum atomic E-state index is 13.9. The summed E-state index contributed by atoms with van der Waals surface area (Å²) in [5.74, 6) is -0.747. The lowest BCUT2D eigenvalue weighted by molar-refractivity contribution is 0.203. The minimum atomic E-state index is -3.90. The quantitative estimate of drug-likeness (QED) is 0.799. The average molecular weight is 384 g/mol. The van der Waals surface area contributed by atoms with Crippen molar-refractivity contribution in [1.29, 1.82) is 0 Å². The Balaban J connectivity index is 1.84. The van der Waals surface area contributed by atoms with E-state index < -0.39 is 21.9 Å². The van der Waals surface area contributed by atoms with Gasteiger partial charge in [-0.05, 0) is 44.0 Å². The van der Waals surface area contributed by atoms with Gasteiger partial charge < -0.3 is 5.11 Å². The Bertz CT molecular complexity index is 840. The Morgan fingerprint density at radius 2 is 1.92 bits per heavy atom. The number of hydrogen-bond donors (Lipinski definition) is 2. The lowest BCUT2D eigenvalue weighted by atomic mass is 9.85. The summed E-state index contributed by atoms with van der Waals surface area (Å²) in [5.41, 5.74) is -0.282. The number of thiophene rings is 1. The summed E-state index contributed by atoms with van der Waals surface area (Å²) in [7, 11) is -3.90. The molecule has 0 aliphatic heterocycles. The first kappa shape index (κ1) is 18.5. The molecule has 1 aliphatic carbocycles. The molecule has 0 saturated heterocycles. The summed E-state index contributed by atoms with van der Waals surface area (Å²) < 4.78 is 41.5. The van der Waals surface area contributed by atoms with Crippen LogP contribution in [-0.4, -0.2) is 20.1 Å². The molecule has 1 saturated carbocycles. The molecule has 25 heavy (non-hydrogen) atoms. The van der Waals surface area contributed by atoms with Gasteiger partial charge in [0.25, 0.3) is 0 Å². The predicted molar refractivity (Wildman–Crippen MR) is 96.7 cm³/mol. The molecule has 0 bridgehead atoms. The summed E-state index contributed by atoms with van der Waals surface area (Å²) in [6.45, 7) is 1.96. The second kappa shape index (κ2) is 7.15. The van der Waals surface area contributed by atoms with Crippen LogP contribution in [0.15, 0.2) is 41.3 Å². The van der Waals surface area contributed by atoms with E-state index in [9.17, 15) is 17.9 Å². The number of sulfonamides is 1. The highest BCUT2D eigenvalue weighted by Gasteiger charge is 2.38. The maximum absolute atomic E-state index is 13.9. The zero-order valence-corrected chi connectivity index (χ0v) is 15.7. The van der Waals surface area contributed by atoms with Gasteiger partial charge in [0.15, 0.2) is 0 Å². The number of benzene rings is 1. The van der Waals surface area contributed by atoms with Crippen molar-refractivity contribution in [2.24, 2.45) is 0 Å². The number of rotatable bonds is 6. The number of aliphatic hydroxyl groups excluding tert-OH is 1. The average Bonchev–Trinajstić information content (AvgIpc) is 3.23. The van der Waals surface area contributed by atoms with E-state index >= 15 is 0 Å². The zero-order chi connectivity index (χ0) is 18.1. The number of halogens is 1. The molecule has 0 unspecified atom stereocenters.